The lowest BCUT2D eigenvalue weighted by atomic mass is 10.0. The molecule has 1 fully saturated rings. The van der Waals surface area contributed by atoms with Crippen molar-refractivity contribution >= 4 is 22.6 Å². The second-order valence-corrected chi connectivity index (χ2v) is 7.46. The maximum absolute atomic E-state index is 14.5. The topological polar surface area (TPSA) is 68.2 Å². The van der Waals surface area contributed by atoms with Crippen molar-refractivity contribution in [1.29, 1.82) is 0 Å². The number of pyridine rings is 1. The van der Waals surface area contributed by atoms with Crippen LogP contribution in [0.15, 0.2) is 54.9 Å². The van der Waals surface area contributed by atoms with E-state index >= 15 is 0 Å². The van der Waals surface area contributed by atoms with Gasteiger partial charge in [0.15, 0.2) is 5.82 Å². The van der Waals surface area contributed by atoms with E-state index in [4.69, 9.17) is 4.74 Å². The second kappa shape index (κ2) is 7.96. The van der Waals surface area contributed by atoms with E-state index in [1.807, 2.05) is 6.07 Å². The van der Waals surface area contributed by atoms with Crippen LogP contribution in [0.5, 0.6) is 5.75 Å². The van der Waals surface area contributed by atoms with E-state index in [2.05, 4.69) is 15.0 Å². The van der Waals surface area contributed by atoms with Gasteiger partial charge < -0.3 is 4.74 Å². The highest BCUT2D eigenvalue weighted by atomic mass is 19.1. The number of hydrogen-bond acceptors (Lipinski definition) is 5. The van der Waals surface area contributed by atoms with Crippen molar-refractivity contribution in [2.45, 2.75) is 12.8 Å². The van der Waals surface area contributed by atoms with Gasteiger partial charge in [0.25, 0.3) is 0 Å². The van der Waals surface area contributed by atoms with Gasteiger partial charge in [-0.05, 0) is 54.4 Å². The van der Waals surface area contributed by atoms with Crippen molar-refractivity contribution in [3.05, 3.63) is 66.5 Å². The summed E-state index contributed by atoms with van der Waals surface area (Å²) in [6, 6.07) is 10.1. The van der Waals surface area contributed by atoms with E-state index in [0.717, 1.165) is 18.2 Å². The smallest absolute Gasteiger partial charge is 0.228 e. The lowest BCUT2D eigenvalue weighted by Gasteiger charge is -2.19. The molecule has 8 heteroatoms. The van der Waals surface area contributed by atoms with Crippen molar-refractivity contribution in [3.8, 4) is 28.3 Å². The predicted molar refractivity (Wildman–Crippen MR) is 116 cm³/mol. The van der Waals surface area contributed by atoms with Crippen LogP contribution in [0, 0.1) is 11.6 Å². The molecule has 0 atom stereocenters. The normalized spacial score (nSPS) is 13.7. The third-order valence-corrected chi connectivity index (χ3v) is 5.45. The SMILES string of the molecule is COc1cc(-c2cc(F)ccc2F)cc2c(N3CCCC3=O)nc(-c3cccnc3)nc12. The molecule has 0 spiro atoms. The number of fused-ring (bicyclic) bond motifs is 1. The molecule has 0 saturated carbocycles. The number of ether oxygens (including phenoxy) is 1. The van der Waals surface area contributed by atoms with E-state index in [0.29, 0.717) is 58.8 Å². The molecule has 0 aliphatic carbocycles. The van der Waals surface area contributed by atoms with Crippen LogP contribution in [0.4, 0.5) is 14.6 Å². The molecule has 0 radical (unpaired) electrons. The van der Waals surface area contributed by atoms with Gasteiger partial charge in [-0.3, -0.25) is 14.7 Å². The average molecular weight is 432 g/mol. The van der Waals surface area contributed by atoms with Gasteiger partial charge >= 0.3 is 0 Å². The van der Waals surface area contributed by atoms with E-state index in [9.17, 15) is 13.6 Å². The number of halogens is 2. The van der Waals surface area contributed by atoms with Crippen LogP contribution in [0.3, 0.4) is 0 Å². The molecule has 1 aliphatic heterocycles. The van der Waals surface area contributed by atoms with Crippen molar-refractivity contribution in [3.63, 3.8) is 0 Å². The molecule has 0 unspecified atom stereocenters. The minimum atomic E-state index is -0.570. The van der Waals surface area contributed by atoms with Crippen molar-refractivity contribution in [1.82, 2.24) is 15.0 Å². The molecule has 0 N–H and O–H groups in total. The zero-order chi connectivity index (χ0) is 22.2. The Labute approximate surface area is 182 Å². The summed E-state index contributed by atoms with van der Waals surface area (Å²) in [6.45, 7) is 0.512. The molecule has 1 aliphatic rings. The van der Waals surface area contributed by atoms with E-state index < -0.39 is 11.6 Å². The fourth-order valence-corrected chi connectivity index (χ4v) is 3.92. The largest absolute Gasteiger partial charge is 0.494 e. The quantitative estimate of drug-likeness (QED) is 0.465. The van der Waals surface area contributed by atoms with Crippen LogP contribution < -0.4 is 9.64 Å². The van der Waals surface area contributed by atoms with Crippen LogP contribution in [-0.2, 0) is 4.79 Å². The second-order valence-electron chi connectivity index (χ2n) is 7.46. The molecule has 6 nitrogen and oxygen atoms in total. The molecule has 2 aromatic carbocycles. The third-order valence-electron chi connectivity index (χ3n) is 5.45. The molecule has 0 bridgehead atoms. The summed E-state index contributed by atoms with van der Waals surface area (Å²) < 4.78 is 34.0. The minimum absolute atomic E-state index is 0.0524. The molecular weight excluding hydrogens is 414 g/mol. The summed E-state index contributed by atoms with van der Waals surface area (Å²) in [4.78, 5) is 27.7. The van der Waals surface area contributed by atoms with Crippen LogP contribution in [0.25, 0.3) is 33.4 Å². The minimum Gasteiger partial charge on any atom is -0.494 e. The van der Waals surface area contributed by atoms with Gasteiger partial charge in [-0.2, -0.15) is 0 Å². The third kappa shape index (κ3) is 3.43. The van der Waals surface area contributed by atoms with Gasteiger partial charge in [0.05, 0.1) is 7.11 Å². The molecule has 4 aromatic rings. The summed E-state index contributed by atoms with van der Waals surface area (Å²) >= 11 is 0. The van der Waals surface area contributed by atoms with Crippen molar-refractivity contribution in [2.75, 3.05) is 18.6 Å². The molecule has 3 heterocycles. The van der Waals surface area contributed by atoms with Gasteiger partial charge in [0.1, 0.15) is 28.7 Å². The highest BCUT2D eigenvalue weighted by Crippen LogP contribution is 2.38. The number of hydrogen-bond donors (Lipinski definition) is 0. The molecule has 32 heavy (non-hydrogen) atoms. The Morgan fingerprint density at radius 2 is 1.94 bits per heavy atom. The Morgan fingerprint density at radius 1 is 1.06 bits per heavy atom. The zero-order valence-electron chi connectivity index (χ0n) is 17.2. The first kappa shape index (κ1) is 20.0. The van der Waals surface area contributed by atoms with E-state index in [-0.39, 0.29) is 11.5 Å². The molecule has 160 valence electrons. The number of rotatable bonds is 4. The summed E-state index contributed by atoms with van der Waals surface area (Å²) in [6.07, 6.45) is 4.42. The molecule has 2 aromatic heterocycles. The van der Waals surface area contributed by atoms with Gasteiger partial charge in [-0.25, -0.2) is 18.7 Å². The first-order valence-electron chi connectivity index (χ1n) is 10.1. The van der Waals surface area contributed by atoms with Gasteiger partial charge in [0, 0.05) is 41.9 Å². The number of carbonyl (C=O) groups is 1. The number of benzene rings is 2. The summed E-state index contributed by atoms with van der Waals surface area (Å²) in [5, 5.41) is 0.519. The Hall–Kier alpha value is -3.94. The number of methoxy groups -OCH3 is 1. The lowest BCUT2D eigenvalue weighted by Crippen LogP contribution is -2.25. The van der Waals surface area contributed by atoms with Gasteiger partial charge in [-0.1, -0.05) is 0 Å². The highest BCUT2D eigenvalue weighted by Gasteiger charge is 2.27. The molecule has 5 rings (SSSR count). The first-order chi connectivity index (χ1) is 15.5. The Bertz CT molecular complexity index is 1350. The Kier molecular flexibility index (Phi) is 4.97. The average Bonchev–Trinajstić information content (AvgIpc) is 3.25. The fourth-order valence-electron chi connectivity index (χ4n) is 3.92. The van der Waals surface area contributed by atoms with Gasteiger partial charge in [0.2, 0.25) is 5.91 Å². The summed E-state index contributed by atoms with van der Waals surface area (Å²) in [5.74, 6) is -0.0141. The summed E-state index contributed by atoms with van der Waals surface area (Å²) in [7, 11) is 1.48. The Balaban J connectivity index is 1.82. The maximum Gasteiger partial charge on any atom is 0.228 e. The number of carbonyl (C=O) groups excluding carboxylic acids is 1. The van der Waals surface area contributed by atoms with Crippen molar-refractivity contribution in [2.24, 2.45) is 0 Å². The van der Waals surface area contributed by atoms with E-state index in [1.165, 1.54) is 7.11 Å². The zero-order valence-corrected chi connectivity index (χ0v) is 17.2. The van der Waals surface area contributed by atoms with Gasteiger partial charge in [-0.15, -0.1) is 0 Å². The van der Waals surface area contributed by atoms with Crippen LogP contribution >= 0.6 is 0 Å². The van der Waals surface area contributed by atoms with Crippen LogP contribution in [0.1, 0.15) is 12.8 Å². The highest BCUT2D eigenvalue weighted by molar-refractivity contribution is 6.05. The fraction of sp³-hybridized carbons (Fsp3) is 0.167. The first-order valence-corrected chi connectivity index (χ1v) is 10.1. The molecule has 1 amide bonds. The number of anilines is 1. The number of aromatic nitrogens is 3. The molecular formula is C24H18F2N4O2. The van der Waals surface area contributed by atoms with Crippen molar-refractivity contribution < 1.29 is 18.3 Å². The van der Waals surface area contributed by atoms with E-state index in [1.54, 1.807) is 35.5 Å². The van der Waals surface area contributed by atoms with Crippen LogP contribution in [0.2, 0.25) is 0 Å². The molecule has 1 saturated heterocycles. The standard InChI is InChI=1S/C24H18F2N4O2/c1-32-20-11-15(17-12-16(25)6-7-19(17)26)10-18-22(20)28-23(14-4-2-8-27-13-14)29-24(18)30-9-3-5-21(30)31/h2,4,6-8,10-13H,3,5,9H2,1H3. The Morgan fingerprint density at radius 3 is 2.66 bits per heavy atom. The lowest BCUT2D eigenvalue weighted by molar-refractivity contribution is -0.117. The predicted octanol–water partition coefficient (Wildman–Crippen LogP) is 4.77. The maximum atomic E-state index is 14.5. The number of nitrogens with zero attached hydrogens (tertiary/aromatic N) is 4. The van der Waals surface area contributed by atoms with Crippen LogP contribution in [-0.4, -0.2) is 34.5 Å². The summed E-state index contributed by atoms with van der Waals surface area (Å²) in [5.41, 5.74) is 1.64. The monoisotopic (exact) mass is 432 g/mol. The number of amides is 1.